The summed E-state index contributed by atoms with van der Waals surface area (Å²) in [6, 6.07) is -0.162. The van der Waals surface area contributed by atoms with Gasteiger partial charge in [0.05, 0.1) is 7.11 Å². The monoisotopic (exact) mass is 398 g/mol. The molecule has 2 aliphatic rings. The number of hydrogen-bond acceptors (Lipinski definition) is 5. The maximum atomic E-state index is 12.8. The van der Waals surface area contributed by atoms with Gasteiger partial charge >= 0.3 is 18.2 Å². The number of carbonyl (C=O) groups is 3. The van der Waals surface area contributed by atoms with Gasteiger partial charge in [-0.05, 0) is 52.4 Å². The number of methoxy groups -OCH3 is 1. The Bertz CT molecular complexity index is 549. The van der Waals surface area contributed by atoms with Crippen LogP contribution in [0.2, 0.25) is 0 Å². The summed E-state index contributed by atoms with van der Waals surface area (Å²) in [5.74, 6) is 0.171. The van der Waals surface area contributed by atoms with Crippen LogP contribution in [0.3, 0.4) is 0 Å². The predicted octanol–water partition coefficient (Wildman–Crippen LogP) is 2.86. The smallest absolute Gasteiger partial charge is 0.426 e. The molecule has 0 aromatic rings. The van der Waals surface area contributed by atoms with Crippen LogP contribution in [0.15, 0.2) is 0 Å². The second kappa shape index (κ2) is 9.84. The van der Waals surface area contributed by atoms with Gasteiger partial charge in [0, 0.05) is 25.7 Å². The summed E-state index contributed by atoms with van der Waals surface area (Å²) < 4.78 is 10.1. The number of piperidine rings is 1. The SMILES string of the molecule is COC(=O)N1CCC(CN(NC(=O)OC(C)(C)C)C(=O)NC2CCCC2)CC1. The number of urea groups is 1. The van der Waals surface area contributed by atoms with Gasteiger partial charge in [0.25, 0.3) is 0 Å². The number of hydrazine groups is 1. The summed E-state index contributed by atoms with van der Waals surface area (Å²) >= 11 is 0. The highest BCUT2D eigenvalue weighted by Gasteiger charge is 2.29. The van der Waals surface area contributed by atoms with Crippen LogP contribution in [0.4, 0.5) is 14.4 Å². The maximum Gasteiger partial charge on any atom is 0.426 e. The number of carbonyl (C=O) groups excluding carboxylic acids is 3. The molecule has 1 aliphatic carbocycles. The van der Waals surface area contributed by atoms with Crippen molar-refractivity contribution < 1.29 is 23.9 Å². The lowest BCUT2D eigenvalue weighted by Gasteiger charge is -2.34. The molecule has 28 heavy (non-hydrogen) atoms. The van der Waals surface area contributed by atoms with Crippen LogP contribution in [0.1, 0.15) is 59.3 Å². The molecule has 0 atom stereocenters. The molecule has 1 aliphatic heterocycles. The first-order chi connectivity index (χ1) is 13.2. The van der Waals surface area contributed by atoms with E-state index in [1.54, 1.807) is 25.7 Å². The zero-order valence-corrected chi connectivity index (χ0v) is 17.5. The molecule has 160 valence electrons. The maximum absolute atomic E-state index is 12.8. The molecule has 0 bridgehead atoms. The van der Waals surface area contributed by atoms with Crippen molar-refractivity contribution in [2.24, 2.45) is 5.92 Å². The topological polar surface area (TPSA) is 100 Å². The first-order valence-corrected chi connectivity index (χ1v) is 10.1. The van der Waals surface area contributed by atoms with Gasteiger partial charge in [-0.1, -0.05) is 12.8 Å². The Labute approximate surface area is 167 Å². The first-order valence-electron chi connectivity index (χ1n) is 10.1. The third kappa shape index (κ3) is 7.09. The first kappa shape index (κ1) is 22.1. The number of nitrogens with zero attached hydrogens (tertiary/aromatic N) is 2. The molecular formula is C19H34N4O5. The van der Waals surface area contributed by atoms with E-state index in [1.807, 2.05) is 0 Å². The molecule has 1 heterocycles. The van der Waals surface area contributed by atoms with E-state index in [2.05, 4.69) is 10.7 Å². The van der Waals surface area contributed by atoms with Crippen LogP contribution in [-0.4, -0.2) is 66.5 Å². The largest absolute Gasteiger partial charge is 0.453 e. The van der Waals surface area contributed by atoms with Gasteiger partial charge in [0.15, 0.2) is 0 Å². The molecule has 0 unspecified atom stereocenters. The van der Waals surface area contributed by atoms with E-state index in [1.165, 1.54) is 12.1 Å². The molecule has 0 aromatic heterocycles. The van der Waals surface area contributed by atoms with E-state index in [0.717, 1.165) is 38.5 Å². The summed E-state index contributed by atoms with van der Waals surface area (Å²) in [5, 5.41) is 4.33. The fourth-order valence-corrected chi connectivity index (χ4v) is 3.60. The summed E-state index contributed by atoms with van der Waals surface area (Å²) in [5.41, 5.74) is 1.95. The summed E-state index contributed by atoms with van der Waals surface area (Å²) in [6.45, 7) is 6.84. The van der Waals surface area contributed by atoms with Crippen molar-refractivity contribution in [2.45, 2.75) is 70.9 Å². The van der Waals surface area contributed by atoms with Crippen LogP contribution in [0.5, 0.6) is 0 Å². The van der Waals surface area contributed by atoms with E-state index in [0.29, 0.717) is 19.6 Å². The van der Waals surface area contributed by atoms with Crippen LogP contribution in [0.25, 0.3) is 0 Å². The van der Waals surface area contributed by atoms with Gasteiger partial charge < -0.3 is 19.7 Å². The number of ether oxygens (including phenoxy) is 2. The Morgan fingerprint density at radius 3 is 2.21 bits per heavy atom. The Morgan fingerprint density at radius 1 is 1.07 bits per heavy atom. The molecule has 2 fully saturated rings. The number of rotatable bonds is 3. The zero-order chi connectivity index (χ0) is 20.7. The van der Waals surface area contributed by atoms with Crippen molar-refractivity contribution >= 4 is 18.2 Å². The van der Waals surface area contributed by atoms with E-state index in [-0.39, 0.29) is 24.1 Å². The third-order valence-corrected chi connectivity index (χ3v) is 5.04. The molecular weight excluding hydrogens is 364 g/mol. The molecule has 1 saturated heterocycles. The number of hydrogen-bond donors (Lipinski definition) is 2. The fraction of sp³-hybridized carbons (Fsp3) is 0.842. The minimum absolute atomic E-state index is 0.150. The molecule has 9 nitrogen and oxygen atoms in total. The van der Waals surface area contributed by atoms with Crippen molar-refractivity contribution in [1.29, 1.82) is 0 Å². The minimum atomic E-state index is -0.652. The Morgan fingerprint density at radius 2 is 1.68 bits per heavy atom. The molecule has 4 amide bonds. The molecule has 0 radical (unpaired) electrons. The van der Waals surface area contributed by atoms with Crippen molar-refractivity contribution in [3.63, 3.8) is 0 Å². The van der Waals surface area contributed by atoms with Crippen LogP contribution in [0, 0.1) is 5.92 Å². The Kier molecular flexibility index (Phi) is 7.77. The van der Waals surface area contributed by atoms with E-state index in [9.17, 15) is 14.4 Å². The zero-order valence-electron chi connectivity index (χ0n) is 17.5. The average Bonchev–Trinajstić information content (AvgIpc) is 3.12. The van der Waals surface area contributed by atoms with Crippen molar-refractivity contribution in [2.75, 3.05) is 26.7 Å². The van der Waals surface area contributed by atoms with Crippen molar-refractivity contribution in [1.82, 2.24) is 20.7 Å². The fourth-order valence-electron chi connectivity index (χ4n) is 3.60. The number of likely N-dealkylation sites (tertiary alicyclic amines) is 1. The van der Waals surface area contributed by atoms with Crippen LogP contribution >= 0.6 is 0 Å². The number of nitrogens with one attached hydrogen (secondary N) is 2. The standard InChI is InChI=1S/C19H34N4O5/c1-19(2,3)28-17(25)21-23(16(24)20-15-7-5-6-8-15)13-14-9-11-22(12-10-14)18(26)27-4/h14-15H,5-13H2,1-4H3,(H,20,24)(H,21,25). The van der Waals surface area contributed by atoms with Crippen LogP contribution < -0.4 is 10.7 Å². The lowest BCUT2D eigenvalue weighted by atomic mass is 9.97. The van der Waals surface area contributed by atoms with Gasteiger partial charge in [-0.25, -0.2) is 24.8 Å². The average molecular weight is 399 g/mol. The normalized spacial score (nSPS) is 18.5. The molecule has 2 rings (SSSR count). The van der Waals surface area contributed by atoms with Gasteiger partial charge in [-0.15, -0.1) is 0 Å². The highest BCUT2D eigenvalue weighted by molar-refractivity contribution is 5.78. The van der Waals surface area contributed by atoms with Gasteiger partial charge in [-0.3, -0.25) is 0 Å². The summed E-state index contributed by atoms with van der Waals surface area (Å²) in [7, 11) is 1.37. The Hall–Kier alpha value is -2.19. The Balaban J connectivity index is 1.94. The molecule has 9 heteroatoms. The molecule has 1 saturated carbocycles. The molecule has 2 N–H and O–H groups in total. The lowest BCUT2D eigenvalue weighted by molar-refractivity contribution is 0.0339. The van der Waals surface area contributed by atoms with Gasteiger partial charge in [-0.2, -0.15) is 0 Å². The highest BCUT2D eigenvalue weighted by Crippen LogP contribution is 2.20. The van der Waals surface area contributed by atoms with E-state index < -0.39 is 11.7 Å². The molecule has 0 spiro atoms. The van der Waals surface area contributed by atoms with E-state index in [4.69, 9.17) is 9.47 Å². The summed E-state index contributed by atoms with van der Waals surface area (Å²) in [4.78, 5) is 38.2. The van der Waals surface area contributed by atoms with E-state index >= 15 is 0 Å². The summed E-state index contributed by atoms with van der Waals surface area (Å²) in [6.07, 6.45) is 4.62. The van der Waals surface area contributed by atoms with Crippen molar-refractivity contribution in [3.05, 3.63) is 0 Å². The second-order valence-corrected chi connectivity index (χ2v) is 8.56. The number of amides is 4. The van der Waals surface area contributed by atoms with Crippen LogP contribution in [-0.2, 0) is 9.47 Å². The van der Waals surface area contributed by atoms with Gasteiger partial charge in [0.1, 0.15) is 5.60 Å². The third-order valence-electron chi connectivity index (χ3n) is 5.04. The quantitative estimate of drug-likeness (QED) is 0.712. The predicted molar refractivity (Wildman–Crippen MR) is 104 cm³/mol. The second-order valence-electron chi connectivity index (χ2n) is 8.56. The highest BCUT2D eigenvalue weighted by atomic mass is 16.6. The van der Waals surface area contributed by atoms with Gasteiger partial charge in [0.2, 0.25) is 0 Å². The molecule has 0 aromatic carbocycles. The lowest BCUT2D eigenvalue weighted by Crippen LogP contribution is -2.55. The minimum Gasteiger partial charge on any atom is -0.453 e. The van der Waals surface area contributed by atoms with Crippen molar-refractivity contribution in [3.8, 4) is 0 Å².